The van der Waals surface area contributed by atoms with E-state index in [9.17, 15) is 0 Å². The number of benzene rings is 1. The van der Waals surface area contributed by atoms with Crippen LogP contribution in [0.15, 0.2) is 36.5 Å². The van der Waals surface area contributed by atoms with Crippen LogP contribution in [0.3, 0.4) is 0 Å². The second-order valence-corrected chi connectivity index (χ2v) is 8.73. The molecule has 2 heterocycles. The maximum Gasteiger partial charge on any atom is 0.138 e. The van der Waals surface area contributed by atoms with Crippen molar-refractivity contribution in [2.45, 2.75) is 45.2 Å². The van der Waals surface area contributed by atoms with E-state index in [2.05, 4.69) is 24.1 Å². The third-order valence-corrected chi connectivity index (χ3v) is 5.03. The van der Waals surface area contributed by atoms with Crippen LogP contribution in [-0.4, -0.2) is 36.4 Å². The zero-order valence-electron chi connectivity index (χ0n) is 16.9. The molecular weight excluding hydrogens is 374 g/mol. The molecule has 0 aliphatic carbocycles. The predicted molar refractivity (Wildman–Crippen MR) is 115 cm³/mol. The molecule has 0 radical (unpaired) electrons. The molecule has 1 fully saturated rings. The van der Waals surface area contributed by atoms with E-state index in [1.54, 1.807) is 6.20 Å². The molecule has 2 aromatic rings. The third-order valence-electron chi connectivity index (χ3n) is 4.74. The summed E-state index contributed by atoms with van der Waals surface area (Å²) in [6, 6.07) is 10.2. The Morgan fingerprint density at radius 2 is 2.11 bits per heavy atom. The molecule has 152 valence electrons. The van der Waals surface area contributed by atoms with Crippen molar-refractivity contribution in [1.29, 1.82) is 0 Å². The van der Waals surface area contributed by atoms with Crippen molar-refractivity contribution >= 4 is 17.4 Å². The molecule has 0 spiro atoms. The maximum absolute atomic E-state index is 6.48. The molecule has 1 aliphatic heterocycles. The molecule has 0 saturated carbocycles. The molecule has 0 bridgehead atoms. The van der Waals surface area contributed by atoms with Crippen molar-refractivity contribution in [2.24, 2.45) is 11.7 Å². The van der Waals surface area contributed by atoms with Gasteiger partial charge in [-0.25, -0.2) is 4.98 Å². The summed E-state index contributed by atoms with van der Waals surface area (Å²) in [4.78, 5) is 4.41. The molecule has 2 atom stereocenters. The van der Waals surface area contributed by atoms with Gasteiger partial charge in [-0.05, 0) is 61.1 Å². The second kappa shape index (κ2) is 9.12. The number of pyridine rings is 1. The topological polar surface area (TPSA) is 69.4 Å². The van der Waals surface area contributed by atoms with E-state index in [1.165, 1.54) is 0 Å². The summed E-state index contributed by atoms with van der Waals surface area (Å²) < 4.78 is 11.3. The minimum atomic E-state index is -0.383. The molecule has 28 heavy (non-hydrogen) atoms. The fourth-order valence-electron chi connectivity index (χ4n) is 3.58. The summed E-state index contributed by atoms with van der Waals surface area (Å²) in [5.41, 5.74) is 8.01. The molecule has 1 aliphatic rings. The molecule has 1 aromatic carbocycles. The Balaban J connectivity index is 1.68. The first-order valence-corrected chi connectivity index (χ1v) is 10.2. The van der Waals surface area contributed by atoms with Gasteiger partial charge in [0, 0.05) is 18.3 Å². The lowest BCUT2D eigenvalue weighted by Gasteiger charge is -2.26. The second-order valence-electron chi connectivity index (χ2n) is 8.32. The van der Waals surface area contributed by atoms with Gasteiger partial charge in [0.2, 0.25) is 0 Å². The van der Waals surface area contributed by atoms with Gasteiger partial charge < -0.3 is 20.5 Å². The van der Waals surface area contributed by atoms with Crippen LogP contribution in [-0.2, 0) is 4.74 Å². The number of aromatic nitrogens is 1. The molecular formula is C22H30ClN3O2. The third kappa shape index (κ3) is 5.84. The van der Waals surface area contributed by atoms with Gasteiger partial charge in [-0.3, -0.25) is 0 Å². The van der Waals surface area contributed by atoms with Gasteiger partial charge in [0.05, 0.1) is 17.7 Å². The van der Waals surface area contributed by atoms with Crippen LogP contribution in [0.2, 0.25) is 5.02 Å². The van der Waals surface area contributed by atoms with Gasteiger partial charge in [-0.2, -0.15) is 0 Å². The number of nitrogens with one attached hydrogen (secondary N) is 1. The molecule has 3 N–H and O–H groups in total. The molecule has 3 rings (SSSR count). The minimum absolute atomic E-state index is 0.318. The molecule has 1 saturated heterocycles. The lowest BCUT2D eigenvalue weighted by atomic mass is 9.93. The zero-order chi connectivity index (χ0) is 20.1. The number of hydrogen-bond acceptors (Lipinski definition) is 5. The minimum Gasteiger partial charge on any atom is -0.490 e. The quantitative estimate of drug-likeness (QED) is 0.665. The van der Waals surface area contributed by atoms with Crippen LogP contribution >= 0.6 is 11.6 Å². The lowest BCUT2D eigenvalue weighted by Crippen LogP contribution is -2.43. The largest absolute Gasteiger partial charge is 0.490 e. The number of rotatable bonds is 8. The highest BCUT2D eigenvalue weighted by Gasteiger charge is 2.21. The van der Waals surface area contributed by atoms with Crippen LogP contribution < -0.4 is 15.8 Å². The normalized spacial score (nSPS) is 18.9. The summed E-state index contributed by atoms with van der Waals surface area (Å²) in [5, 5.41) is 4.00. The summed E-state index contributed by atoms with van der Waals surface area (Å²) >= 11 is 6.48. The van der Waals surface area contributed by atoms with E-state index in [0.717, 1.165) is 43.0 Å². The van der Waals surface area contributed by atoms with Crippen LogP contribution in [0, 0.1) is 5.92 Å². The standard InChI is InChI=1S/C22H30ClN3O2/c1-15(2)12-22(3,24)14-28-20-5-4-16(10-19(20)23)17-6-8-25-21(11-17)26-18-7-9-27-13-18/h4-6,8,10-11,15,18H,7,9,12-14,24H2,1-3H3,(H,25,26)/t18?,22-/m0/s1. The van der Waals surface area contributed by atoms with Crippen LogP contribution in [0.5, 0.6) is 5.75 Å². The van der Waals surface area contributed by atoms with E-state index in [0.29, 0.717) is 29.3 Å². The number of nitrogens with zero attached hydrogens (tertiary/aromatic N) is 1. The lowest BCUT2D eigenvalue weighted by molar-refractivity contribution is 0.195. The van der Waals surface area contributed by atoms with Gasteiger partial charge in [-0.1, -0.05) is 31.5 Å². The summed E-state index contributed by atoms with van der Waals surface area (Å²) in [6.45, 7) is 8.27. The molecule has 6 heteroatoms. The van der Waals surface area contributed by atoms with E-state index in [1.807, 2.05) is 37.3 Å². The Morgan fingerprint density at radius 3 is 2.79 bits per heavy atom. The fraction of sp³-hybridized carbons (Fsp3) is 0.500. The van der Waals surface area contributed by atoms with E-state index in [4.69, 9.17) is 26.8 Å². The van der Waals surface area contributed by atoms with Crippen molar-refractivity contribution in [3.8, 4) is 16.9 Å². The monoisotopic (exact) mass is 403 g/mol. The van der Waals surface area contributed by atoms with E-state index in [-0.39, 0.29) is 5.54 Å². The van der Waals surface area contributed by atoms with E-state index < -0.39 is 0 Å². The molecule has 1 aromatic heterocycles. The van der Waals surface area contributed by atoms with Crippen LogP contribution in [0.1, 0.15) is 33.6 Å². The van der Waals surface area contributed by atoms with Crippen molar-refractivity contribution in [2.75, 3.05) is 25.1 Å². The van der Waals surface area contributed by atoms with Crippen molar-refractivity contribution in [1.82, 2.24) is 4.98 Å². The van der Waals surface area contributed by atoms with E-state index >= 15 is 0 Å². The number of ether oxygens (including phenoxy) is 2. The first-order valence-electron chi connectivity index (χ1n) is 9.84. The molecule has 1 unspecified atom stereocenters. The maximum atomic E-state index is 6.48. The average molecular weight is 404 g/mol. The number of nitrogens with two attached hydrogens (primary N) is 1. The smallest absolute Gasteiger partial charge is 0.138 e. The Morgan fingerprint density at radius 1 is 1.32 bits per heavy atom. The average Bonchev–Trinajstić information content (AvgIpc) is 3.13. The highest BCUT2D eigenvalue weighted by Crippen LogP contribution is 2.32. The van der Waals surface area contributed by atoms with Crippen LogP contribution in [0.25, 0.3) is 11.1 Å². The van der Waals surface area contributed by atoms with Gasteiger partial charge in [0.15, 0.2) is 0 Å². The first-order chi connectivity index (χ1) is 13.3. The van der Waals surface area contributed by atoms with Gasteiger partial charge in [-0.15, -0.1) is 0 Å². The van der Waals surface area contributed by atoms with Crippen molar-refractivity contribution < 1.29 is 9.47 Å². The summed E-state index contributed by atoms with van der Waals surface area (Å²) in [5.74, 6) is 2.01. The van der Waals surface area contributed by atoms with Crippen LogP contribution in [0.4, 0.5) is 5.82 Å². The van der Waals surface area contributed by atoms with Gasteiger partial charge in [0.1, 0.15) is 18.2 Å². The van der Waals surface area contributed by atoms with Gasteiger partial charge in [0.25, 0.3) is 0 Å². The van der Waals surface area contributed by atoms with Crippen molar-refractivity contribution in [3.05, 3.63) is 41.6 Å². The molecule has 0 amide bonds. The Hall–Kier alpha value is -1.82. The SMILES string of the molecule is CC(C)C[C@](C)(N)COc1ccc(-c2ccnc(NC3CCOC3)c2)cc1Cl. The summed E-state index contributed by atoms with van der Waals surface area (Å²) in [6.07, 6.45) is 3.69. The predicted octanol–water partition coefficient (Wildman–Crippen LogP) is 4.75. The van der Waals surface area contributed by atoms with Crippen molar-refractivity contribution in [3.63, 3.8) is 0 Å². The molecule has 5 nitrogen and oxygen atoms in total. The first kappa shape index (κ1) is 20.9. The Bertz CT molecular complexity index is 789. The number of hydrogen-bond donors (Lipinski definition) is 2. The number of halogens is 1. The number of anilines is 1. The Labute approximate surface area is 172 Å². The Kier molecular flexibility index (Phi) is 6.81. The highest BCUT2D eigenvalue weighted by atomic mass is 35.5. The zero-order valence-corrected chi connectivity index (χ0v) is 17.6. The summed E-state index contributed by atoms with van der Waals surface area (Å²) in [7, 11) is 0. The fourth-order valence-corrected chi connectivity index (χ4v) is 3.81. The van der Waals surface area contributed by atoms with Gasteiger partial charge >= 0.3 is 0 Å². The highest BCUT2D eigenvalue weighted by molar-refractivity contribution is 6.32.